The van der Waals surface area contributed by atoms with E-state index < -0.39 is 5.54 Å². The fraction of sp³-hybridized carbons (Fsp3) is 0.429. The SMILES string of the molecule is CNC(=O)CCOc1ccc(NC(C)(C)C#N)cc1. The molecule has 5 heteroatoms. The molecule has 0 saturated carbocycles. The number of ether oxygens (including phenoxy) is 1. The number of nitriles is 1. The molecule has 1 rings (SSSR count). The first-order valence-electron chi connectivity index (χ1n) is 6.10. The van der Waals surface area contributed by atoms with Crippen molar-refractivity contribution in [2.24, 2.45) is 0 Å². The van der Waals surface area contributed by atoms with Crippen LogP contribution in [0.25, 0.3) is 0 Å². The molecule has 0 atom stereocenters. The number of nitrogens with one attached hydrogen (secondary N) is 2. The number of hydrogen-bond donors (Lipinski definition) is 2. The van der Waals surface area contributed by atoms with Gasteiger partial charge in [0, 0.05) is 12.7 Å². The van der Waals surface area contributed by atoms with Crippen LogP contribution < -0.4 is 15.4 Å². The van der Waals surface area contributed by atoms with Gasteiger partial charge in [0.15, 0.2) is 0 Å². The summed E-state index contributed by atoms with van der Waals surface area (Å²) in [4.78, 5) is 11.0. The lowest BCUT2D eigenvalue weighted by Crippen LogP contribution is -2.28. The largest absolute Gasteiger partial charge is 0.493 e. The fourth-order valence-electron chi connectivity index (χ4n) is 1.41. The second-order valence-electron chi connectivity index (χ2n) is 4.66. The summed E-state index contributed by atoms with van der Waals surface area (Å²) in [7, 11) is 1.60. The molecular weight excluding hydrogens is 242 g/mol. The first kappa shape index (κ1) is 14.8. The van der Waals surface area contributed by atoms with Gasteiger partial charge in [0.25, 0.3) is 0 Å². The zero-order valence-electron chi connectivity index (χ0n) is 11.5. The number of carbonyl (C=O) groups is 1. The van der Waals surface area contributed by atoms with Crippen molar-refractivity contribution in [3.8, 4) is 11.8 Å². The maximum atomic E-state index is 11.0. The summed E-state index contributed by atoms with van der Waals surface area (Å²) >= 11 is 0. The van der Waals surface area contributed by atoms with Gasteiger partial charge in [-0.1, -0.05) is 0 Å². The Morgan fingerprint density at radius 1 is 1.37 bits per heavy atom. The van der Waals surface area contributed by atoms with E-state index in [0.29, 0.717) is 18.8 Å². The number of anilines is 1. The van der Waals surface area contributed by atoms with Crippen molar-refractivity contribution < 1.29 is 9.53 Å². The molecular formula is C14H19N3O2. The summed E-state index contributed by atoms with van der Waals surface area (Å²) in [5.41, 5.74) is 0.243. The summed E-state index contributed by atoms with van der Waals surface area (Å²) in [5, 5.41) is 14.6. The molecule has 0 spiro atoms. The average Bonchev–Trinajstić information content (AvgIpc) is 2.40. The minimum atomic E-state index is -0.610. The van der Waals surface area contributed by atoms with Crippen molar-refractivity contribution in [1.29, 1.82) is 5.26 Å². The molecule has 0 saturated heterocycles. The molecule has 0 aromatic heterocycles. The van der Waals surface area contributed by atoms with E-state index in [9.17, 15) is 4.79 Å². The topological polar surface area (TPSA) is 74.2 Å². The summed E-state index contributed by atoms with van der Waals surface area (Å²) in [6.07, 6.45) is 0.331. The zero-order valence-corrected chi connectivity index (χ0v) is 11.5. The number of nitrogens with zero attached hydrogens (tertiary/aromatic N) is 1. The van der Waals surface area contributed by atoms with Crippen LogP contribution in [-0.4, -0.2) is 25.1 Å². The van der Waals surface area contributed by atoms with Crippen molar-refractivity contribution in [2.45, 2.75) is 25.8 Å². The van der Waals surface area contributed by atoms with E-state index in [4.69, 9.17) is 10.00 Å². The predicted molar refractivity (Wildman–Crippen MR) is 73.9 cm³/mol. The molecule has 0 aliphatic rings. The van der Waals surface area contributed by atoms with Gasteiger partial charge in [0.1, 0.15) is 11.3 Å². The van der Waals surface area contributed by atoms with Crippen molar-refractivity contribution in [1.82, 2.24) is 5.32 Å². The van der Waals surface area contributed by atoms with Gasteiger partial charge in [-0.25, -0.2) is 0 Å². The molecule has 1 aromatic carbocycles. The summed E-state index contributed by atoms with van der Waals surface area (Å²) < 4.78 is 5.44. The molecule has 0 radical (unpaired) electrons. The van der Waals surface area contributed by atoms with Crippen LogP contribution in [0.1, 0.15) is 20.3 Å². The Kier molecular flexibility index (Phi) is 5.19. The van der Waals surface area contributed by atoms with Gasteiger partial charge >= 0.3 is 0 Å². The number of amides is 1. The Morgan fingerprint density at radius 2 is 2.00 bits per heavy atom. The second kappa shape index (κ2) is 6.64. The summed E-state index contributed by atoms with van der Waals surface area (Å²) in [5.74, 6) is 0.651. The fourth-order valence-corrected chi connectivity index (χ4v) is 1.41. The number of benzene rings is 1. The van der Waals surface area contributed by atoms with Crippen LogP contribution in [0.15, 0.2) is 24.3 Å². The maximum Gasteiger partial charge on any atom is 0.223 e. The molecule has 0 fully saturated rings. The number of carbonyl (C=O) groups excluding carboxylic acids is 1. The standard InChI is InChI=1S/C14H19N3O2/c1-14(2,10-15)17-11-4-6-12(7-5-11)19-9-8-13(18)16-3/h4-7,17H,8-9H2,1-3H3,(H,16,18). The minimum Gasteiger partial charge on any atom is -0.493 e. The zero-order chi connectivity index (χ0) is 14.3. The van der Waals surface area contributed by atoms with Gasteiger partial charge < -0.3 is 15.4 Å². The van der Waals surface area contributed by atoms with Gasteiger partial charge in [0.05, 0.1) is 19.1 Å². The third kappa shape index (κ3) is 5.30. The molecule has 19 heavy (non-hydrogen) atoms. The highest BCUT2D eigenvalue weighted by Crippen LogP contribution is 2.19. The Hall–Kier alpha value is -2.22. The Morgan fingerprint density at radius 3 is 2.53 bits per heavy atom. The average molecular weight is 261 g/mol. The quantitative estimate of drug-likeness (QED) is 0.820. The van der Waals surface area contributed by atoms with Crippen molar-refractivity contribution >= 4 is 11.6 Å². The molecule has 102 valence electrons. The van der Waals surface area contributed by atoms with Gasteiger partial charge in [-0.2, -0.15) is 5.26 Å². The monoisotopic (exact) mass is 261 g/mol. The maximum absolute atomic E-state index is 11.0. The highest BCUT2D eigenvalue weighted by Gasteiger charge is 2.15. The molecule has 0 aliphatic carbocycles. The van der Waals surface area contributed by atoms with E-state index in [0.717, 1.165) is 5.69 Å². The highest BCUT2D eigenvalue weighted by atomic mass is 16.5. The van der Waals surface area contributed by atoms with E-state index in [1.54, 1.807) is 33.0 Å². The smallest absolute Gasteiger partial charge is 0.223 e. The van der Waals surface area contributed by atoms with Crippen LogP contribution in [0.4, 0.5) is 5.69 Å². The lowest BCUT2D eigenvalue weighted by atomic mass is 10.1. The third-order valence-corrected chi connectivity index (χ3v) is 2.47. The Balaban J connectivity index is 2.48. The Bertz CT molecular complexity index is 461. The van der Waals surface area contributed by atoms with Crippen molar-refractivity contribution in [3.63, 3.8) is 0 Å². The molecule has 1 aromatic rings. The molecule has 1 amide bonds. The lowest BCUT2D eigenvalue weighted by molar-refractivity contribution is -0.121. The van der Waals surface area contributed by atoms with Crippen LogP contribution >= 0.6 is 0 Å². The van der Waals surface area contributed by atoms with E-state index in [1.807, 2.05) is 12.1 Å². The number of rotatable bonds is 6. The van der Waals surface area contributed by atoms with Crippen molar-refractivity contribution in [3.05, 3.63) is 24.3 Å². The van der Waals surface area contributed by atoms with Gasteiger partial charge in [-0.15, -0.1) is 0 Å². The molecule has 0 bridgehead atoms. The molecule has 0 unspecified atom stereocenters. The van der Waals surface area contributed by atoms with Crippen LogP contribution in [0, 0.1) is 11.3 Å². The van der Waals surface area contributed by atoms with Gasteiger partial charge in [-0.05, 0) is 38.1 Å². The van der Waals surface area contributed by atoms with E-state index in [-0.39, 0.29) is 5.91 Å². The lowest BCUT2D eigenvalue weighted by Gasteiger charge is -2.19. The van der Waals surface area contributed by atoms with E-state index in [2.05, 4.69) is 16.7 Å². The Labute approximate surface area is 113 Å². The third-order valence-electron chi connectivity index (χ3n) is 2.47. The minimum absolute atomic E-state index is 0.0472. The summed E-state index contributed by atoms with van der Waals surface area (Å²) in [6, 6.07) is 9.46. The second-order valence-corrected chi connectivity index (χ2v) is 4.66. The van der Waals surface area contributed by atoms with Gasteiger partial charge in [0.2, 0.25) is 5.91 Å². The number of hydrogen-bond acceptors (Lipinski definition) is 4. The van der Waals surface area contributed by atoms with Crippen LogP contribution in [0.3, 0.4) is 0 Å². The van der Waals surface area contributed by atoms with Crippen LogP contribution in [0.2, 0.25) is 0 Å². The predicted octanol–water partition coefficient (Wildman–Crippen LogP) is 1.92. The van der Waals surface area contributed by atoms with Crippen LogP contribution in [0.5, 0.6) is 5.75 Å². The normalized spacial score (nSPS) is 10.4. The molecule has 0 aliphatic heterocycles. The molecule has 5 nitrogen and oxygen atoms in total. The van der Waals surface area contributed by atoms with E-state index in [1.165, 1.54) is 0 Å². The first-order valence-corrected chi connectivity index (χ1v) is 6.10. The van der Waals surface area contributed by atoms with Crippen LogP contribution in [-0.2, 0) is 4.79 Å². The first-order chi connectivity index (χ1) is 8.96. The van der Waals surface area contributed by atoms with Crippen molar-refractivity contribution in [2.75, 3.05) is 19.0 Å². The highest BCUT2D eigenvalue weighted by molar-refractivity contribution is 5.75. The van der Waals surface area contributed by atoms with Gasteiger partial charge in [-0.3, -0.25) is 4.79 Å². The molecule has 0 heterocycles. The van der Waals surface area contributed by atoms with E-state index >= 15 is 0 Å². The molecule has 2 N–H and O–H groups in total. The summed E-state index contributed by atoms with van der Waals surface area (Å²) in [6.45, 7) is 3.96.